The zero-order chi connectivity index (χ0) is 24.5. The molecule has 6 heteroatoms. The van der Waals surface area contributed by atoms with Crippen LogP contribution in [-0.4, -0.2) is 41.5 Å². The molecule has 4 rings (SSSR count). The van der Waals surface area contributed by atoms with Crippen LogP contribution in [0.1, 0.15) is 48.2 Å². The van der Waals surface area contributed by atoms with Gasteiger partial charge in [0.05, 0.1) is 6.20 Å². The number of pyridine rings is 1. The molecule has 0 spiro atoms. The van der Waals surface area contributed by atoms with Gasteiger partial charge in [0.2, 0.25) is 5.88 Å². The van der Waals surface area contributed by atoms with E-state index in [4.69, 9.17) is 9.47 Å². The van der Waals surface area contributed by atoms with Crippen molar-refractivity contribution >= 4 is 5.91 Å². The second kappa shape index (κ2) is 12.4. The van der Waals surface area contributed by atoms with Crippen molar-refractivity contribution in [3.8, 4) is 11.6 Å². The van der Waals surface area contributed by atoms with Crippen molar-refractivity contribution in [2.24, 2.45) is 5.92 Å². The van der Waals surface area contributed by atoms with Gasteiger partial charge in [-0.2, -0.15) is 0 Å². The van der Waals surface area contributed by atoms with Crippen molar-refractivity contribution in [3.05, 3.63) is 89.6 Å². The highest BCUT2D eigenvalue weighted by atomic mass is 16.5. The Bertz CT molecular complexity index is 1070. The average molecular weight is 474 g/mol. The molecule has 0 unspecified atom stereocenters. The minimum absolute atomic E-state index is 0.188. The molecular formula is C29H35N3O3. The molecule has 0 bridgehead atoms. The summed E-state index contributed by atoms with van der Waals surface area (Å²) in [6, 6.07) is 22.0. The van der Waals surface area contributed by atoms with Crippen LogP contribution in [-0.2, 0) is 13.2 Å². The zero-order valence-corrected chi connectivity index (χ0v) is 20.7. The number of likely N-dealkylation sites (tertiary alicyclic amines) is 1. The third-order valence-corrected chi connectivity index (χ3v) is 6.37. The van der Waals surface area contributed by atoms with Crippen molar-refractivity contribution in [2.45, 2.75) is 45.9 Å². The summed E-state index contributed by atoms with van der Waals surface area (Å²) in [5.41, 5.74) is 2.46. The number of amides is 1. The molecule has 0 saturated carbocycles. The van der Waals surface area contributed by atoms with E-state index in [0.29, 0.717) is 48.9 Å². The van der Waals surface area contributed by atoms with Gasteiger partial charge in [-0.3, -0.25) is 4.79 Å². The maximum Gasteiger partial charge on any atom is 0.256 e. The lowest BCUT2D eigenvalue weighted by molar-refractivity contribution is 0.0916. The van der Waals surface area contributed by atoms with E-state index in [9.17, 15) is 4.79 Å². The van der Waals surface area contributed by atoms with Crippen molar-refractivity contribution in [3.63, 3.8) is 0 Å². The Balaban J connectivity index is 1.45. The summed E-state index contributed by atoms with van der Waals surface area (Å²) in [5.74, 6) is 1.10. The van der Waals surface area contributed by atoms with Gasteiger partial charge in [-0.05, 0) is 56.3 Å². The second-order valence-electron chi connectivity index (χ2n) is 9.38. The first-order valence-corrected chi connectivity index (χ1v) is 12.4. The molecule has 6 nitrogen and oxygen atoms in total. The third-order valence-electron chi connectivity index (χ3n) is 6.37. The Kier molecular flexibility index (Phi) is 8.74. The fourth-order valence-corrected chi connectivity index (χ4v) is 4.32. The predicted molar refractivity (Wildman–Crippen MR) is 138 cm³/mol. The molecule has 1 amide bonds. The summed E-state index contributed by atoms with van der Waals surface area (Å²) >= 11 is 0. The predicted octanol–water partition coefficient (Wildman–Crippen LogP) is 5.09. The zero-order valence-electron chi connectivity index (χ0n) is 20.7. The van der Waals surface area contributed by atoms with E-state index in [1.54, 1.807) is 12.3 Å². The highest BCUT2D eigenvalue weighted by Gasteiger charge is 2.23. The van der Waals surface area contributed by atoms with Crippen LogP contribution in [0.3, 0.4) is 0 Å². The van der Waals surface area contributed by atoms with Gasteiger partial charge in [-0.25, -0.2) is 4.98 Å². The smallest absolute Gasteiger partial charge is 0.256 e. The lowest BCUT2D eigenvalue weighted by atomic mass is 9.97. The number of carbonyl (C=O) groups is 1. The maximum atomic E-state index is 13.3. The summed E-state index contributed by atoms with van der Waals surface area (Å²) < 4.78 is 11.9. The van der Waals surface area contributed by atoms with E-state index in [2.05, 4.69) is 29.0 Å². The molecule has 184 valence electrons. The first kappa shape index (κ1) is 24.7. The highest BCUT2D eigenvalue weighted by Crippen LogP contribution is 2.24. The number of ether oxygens (including phenoxy) is 2. The molecule has 2 heterocycles. The quantitative estimate of drug-likeness (QED) is 0.444. The third kappa shape index (κ3) is 7.30. The van der Waals surface area contributed by atoms with Gasteiger partial charge in [0.15, 0.2) is 0 Å². The van der Waals surface area contributed by atoms with Gasteiger partial charge < -0.3 is 19.7 Å². The van der Waals surface area contributed by atoms with Crippen LogP contribution in [0.5, 0.6) is 11.6 Å². The minimum atomic E-state index is -0.188. The monoisotopic (exact) mass is 473 g/mol. The Morgan fingerprint density at radius 1 is 1.03 bits per heavy atom. The van der Waals surface area contributed by atoms with Crippen molar-refractivity contribution in [1.29, 1.82) is 0 Å². The van der Waals surface area contributed by atoms with E-state index >= 15 is 0 Å². The number of carbonyl (C=O) groups excluding carboxylic acids is 1. The minimum Gasteiger partial charge on any atom is -0.487 e. The SMILES string of the molecule is CC(C)N1CCC[C@H](CNC(=O)c2cc(OCc3ccccc3)cnc2OCc2ccccc2)C1. The molecule has 0 aliphatic carbocycles. The Hall–Kier alpha value is -3.38. The van der Waals surface area contributed by atoms with Gasteiger partial charge in [-0.15, -0.1) is 0 Å². The van der Waals surface area contributed by atoms with Gasteiger partial charge >= 0.3 is 0 Å². The molecule has 1 fully saturated rings. The highest BCUT2D eigenvalue weighted by molar-refractivity contribution is 5.96. The first-order chi connectivity index (χ1) is 17.1. The van der Waals surface area contributed by atoms with Crippen LogP contribution in [0, 0.1) is 5.92 Å². The molecule has 1 aliphatic rings. The van der Waals surface area contributed by atoms with Crippen molar-refractivity contribution in [2.75, 3.05) is 19.6 Å². The first-order valence-electron chi connectivity index (χ1n) is 12.4. The largest absolute Gasteiger partial charge is 0.487 e. The molecule has 3 aromatic rings. The standard InChI is InChI=1S/C29H35N3O3/c1-22(2)32-15-9-14-25(19-32)17-30-28(33)27-16-26(34-20-23-10-5-3-6-11-23)18-31-29(27)35-21-24-12-7-4-8-13-24/h3-8,10-13,16,18,22,25H,9,14-15,17,19-21H2,1-2H3,(H,30,33)/t25-/m1/s1. The van der Waals surface area contributed by atoms with E-state index in [1.807, 2.05) is 60.7 Å². The summed E-state index contributed by atoms with van der Waals surface area (Å²) in [5, 5.41) is 3.13. The van der Waals surface area contributed by atoms with Crippen LogP contribution in [0.4, 0.5) is 0 Å². The van der Waals surface area contributed by atoms with Crippen LogP contribution in [0.15, 0.2) is 72.9 Å². The molecular weight excluding hydrogens is 438 g/mol. The Morgan fingerprint density at radius 3 is 2.34 bits per heavy atom. The van der Waals surface area contributed by atoms with Gasteiger partial charge in [0.1, 0.15) is 24.5 Å². The normalized spacial score (nSPS) is 16.1. The number of aromatic nitrogens is 1. The van der Waals surface area contributed by atoms with Crippen molar-refractivity contribution < 1.29 is 14.3 Å². The summed E-state index contributed by atoms with van der Waals surface area (Å²) in [6.45, 7) is 7.96. The van der Waals surface area contributed by atoms with E-state index in [1.165, 1.54) is 0 Å². The number of hydrogen-bond acceptors (Lipinski definition) is 5. The molecule has 1 aliphatic heterocycles. The lowest BCUT2D eigenvalue weighted by Gasteiger charge is -2.35. The average Bonchev–Trinajstić information content (AvgIpc) is 2.91. The number of benzene rings is 2. The topological polar surface area (TPSA) is 63.7 Å². The summed E-state index contributed by atoms with van der Waals surface area (Å²) in [4.78, 5) is 20.2. The molecule has 35 heavy (non-hydrogen) atoms. The summed E-state index contributed by atoms with van der Waals surface area (Å²) in [7, 11) is 0. The number of piperidine rings is 1. The molecule has 1 saturated heterocycles. The molecule has 2 aromatic carbocycles. The second-order valence-corrected chi connectivity index (χ2v) is 9.38. The summed E-state index contributed by atoms with van der Waals surface area (Å²) in [6.07, 6.45) is 3.90. The van der Waals surface area contributed by atoms with Crippen molar-refractivity contribution in [1.82, 2.24) is 15.2 Å². The van der Waals surface area contributed by atoms with E-state index in [0.717, 1.165) is 37.1 Å². The fourth-order valence-electron chi connectivity index (χ4n) is 4.32. The molecule has 1 aromatic heterocycles. The Morgan fingerprint density at radius 2 is 1.69 bits per heavy atom. The maximum absolute atomic E-state index is 13.3. The molecule has 0 radical (unpaired) electrons. The lowest BCUT2D eigenvalue weighted by Crippen LogP contribution is -2.43. The molecule has 1 N–H and O–H groups in total. The number of rotatable bonds is 10. The number of hydrogen-bond donors (Lipinski definition) is 1. The van der Waals surface area contributed by atoms with Crippen LogP contribution in [0.25, 0.3) is 0 Å². The Labute approximate surface area is 208 Å². The van der Waals surface area contributed by atoms with Gasteiger partial charge in [0.25, 0.3) is 5.91 Å². The number of nitrogens with one attached hydrogen (secondary N) is 1. The van der Waals surface area contributed by atoms with Crippen LogP contribution in [0.2, 0.25) is 0 Å². The van der Waals surface area contributed by atoms with Gasteiger partial charge in [-0.1, -0.05) is 60.7 Å². The molecule has 1 atom stereocenters. The van der Waals surface area contributed by atoms with E-state index in [-0.39, 0.29) is 5.91 Å². The van der Waals surface area contributed by atoms with Crippen LogP contribution < -0.4 is 14.8 Å². The fraction of sp³-hybridized carbons (Fsp3) is 0.379. The number of nitrogens with zero attached hydrogens (tertiary/aromatic N) is 2. The van der Waals surface area contributed by atoms with E-state index < -0.39 is 0 Å². The van der Waals surface area contributed by atoms with Gasteiger partial charge in [0, 0.05) is 19.1 Å². The van der Waals surface area contributed by atoms with Crippen LogP contribution >= 0.6 is 0 Å².